The minimum absolute atomic E-state index is 0.0446. The first-order valence-electron chi connectivity index (χ1n) is 8.21. The van der Waals surface area contributed by atoms with Gasteiger partial charge in [-0.2, -0.15) is 18.2 Å². The fourth-order valence-corrected chi connectivity index (χ4v) is 2.83. The molecule has 1 fully saturated rings. The molecule has 1 aliphatic carbocycles. The highest BCUT2D eigenvalue weighted by Gasteiger charge is 2.32. The normalized spacial score (nSPS) is 14.1. The van der Waals surface area contributed by atoms with Crippen LogP contribution in [0.15, 0.2) is 41.3 Å². The average Bonchev–Trinajstić information content (AvgIpc) is 3.45. The quantitative estimate of drug-likeness (QED) is 0.719. The van der Waals surface area contributed by atoms with Gasteiger partial charge in [0, 0.05) is 17.6 Å². The van der Waals surface area contributed by atoms with Gasteiger partial charge >= 0.3 is 11.9 Å². The van der Waals surface area contributed by atoms with Gasteiger partial charge in [-0.15, -0.1) is 6.42 Å². The summed E-state index contributed by atoms with van der Waals surface area (Å²) in [6.45, 7) is 0. The Kier molecular flexibility index (Phi) is 3.88. The van der Waals surface area contributed by atoms with E-state index in [-0.39, 0.29) is 28.8 Å². The van der Waals surface area contributed by atoms with E-state index in [2.05, 4.69) is 21.2 Å². The molecule has 27 heavy (non-hydrogen) atoms. The predicted octanol–water partition coefficient (Wildman–Crippen LogP) is 3.36. The Morgan fingerprint density at radius 1 is 1.26 bits per heavy atom. The molecular formula is C19H13F3N4O. The van der Waals surface area contributed by atoms with Gasteiger partial charge in [-0.3, -0.25) is 0 Å². The van der Waals surface area contributed by atoms with Crippen LogP contribution in [0.2, 0.25) is 0 Å². The van der Waals surface area contributed by atoms with Crippen molar-refractivity contribution in [3.8, 4) is 18.2 Å². The lowest BCUT2D eigenvalue weighted by Gasteiger charge is -2.16. The number of rotatable bonds is 3. The number of pyridine rings is 1. The SMILES string of the molecule is C#Cc1cccnc1-n1c(=O)nc(NC2CC2)c2ccc(C(F)(F)F)cc21. The number of nitrogens with zero attached hydrogens (tertiary/aromatic N) is 3. The molecule has 1 aliphatic rings. The van der Waals surface area contributed by atoms with Crippen LogP contribution < -0.4 is 11.0 Å². The first-order valence-corrected chi connectivity index (χ1v) is 8.21. The molecule has 0 spiro atoms. The third-order valence-corrected chi connectivity index (χ3v) is 4.29. The Morgan fingerprint density at radius 2 is 2.04 bits per heavy atom. The fraction of sp³-hybridized carbons (Fsp3) is 0.211. The van der Waals surface area contributed by atoms with Crippen LogP contribution in [0, 0.1) is 12.3 Å². The summed E-state index contributed by atoms with van der Waals surface area (Å²) in [5.41, 5.74) is -1.30. The van der Waals surface area contributed by atoms with Crippen molar-refractivity contribution in [3.05, 3.63) is 58.1 Å². The van der Waals surface area contributed by atoms with E-state index >= 15 is 0 Å². The molecule has 0 aliphatic heterocycles. The number of hydrogen-bond donors (Lipinski definition) is 1. The number of halogens is 3. The first kappa shape index (κ1) is 17.1. The predicted molar refractivity (Wildman–Crippen MR) is 94.7 cm³/mol. The van der Waals surface area contributed by atoms with Crippen molar-refractivity contribution in [2.75, 3.05) is 5.32 Å². The number of anilines is 1. The van der Waals surface area contributed by atoms with E-state index in [9.17, 15) is 18.0 Å². The molecule has 0 unspecified atom stereocenters. The van der Waals surface area contributed by atoms with Crippen molar-refractivity contribution in [1.82, 2.24) is 14.5 Å². The number of benzene rings is 1. The van der Waals surface area contributed by atoms with Gasteiger partial charge in [0.15, 0.2) is 5.82 Å². The summed E-state index contributed by atoms with van der Waals surface area (Å²) in [5, 5.41) is 3.49. The van der Waals surface area contributed by atoms with E-state index in [0.717, 1.165) is 29.5 Å². The van der Waals surface area contributed by atoms with Gasteiger partial charge in [-0.25, -0.2) is 14.3 Å². The fourth-order valence-electron chi connectivity index (χ4n) is 2.83. The number of terminal acetylenes is 1. The summed E-state index contributed by atoms with van der Waals surface area (Å²) in [7, 11) is 0. The number of fused-ring (bicyclic) bond motifs is 1. The maximum atomic E-state index is 13.3. The minimum Gasteiger partial charge on any atom is -0.367 e. The van der Waals surface area contributed by atoms with Crippen LogP contribution in [0.5, 0.6) is 0 Å². The second-order valence-electron chi connectivity index (χ2n) is 6.25. The maximum Gasteiger partial charge on any atom is 0.416 e. The molecule has 1 aromatic carbocycles. The van der Waals surface area contributed by atoms with Gasteiger partial charge < -0.3 is 5.32 Å². The van der Waals surface area contributed by atoms with Gasteiger partial charge in [0.05, 0.1) is 16.6 Å². The first-order chi connectivity index (χ1) is 12.9. The summed E-state index contributed by atoms with van der Waals surface area (Å²) in [6.07, 6.45) is 4.18. The molecule has 1 saturated carbocycles. The molecule has 1 N–H and O–H groups in total. The highest BCUT2D eigenvalue weighted by Crippen LogP contribution is 2.34. The standard InChI is InChI=1S/C19H13F3N4O/c1-2-11-4-3-9-23-17(11)26-15-10-12(19(20,21)22)5-8-14(15)16(25-18(26)27)24-13-6-7-13/h1,3-5,8-10,13H,6-7H2,(H,24,25,27). The molecule has 2 heterocycles. The highest BCUT2D eigenvalue weighted by molar-refractivity contribution is 5.91. The van der Waals surface area contributed by atoms with Gasteiger partial charge in [-0.1, -0.05) is 5.92 Å². The Balaban J connectivity index is 2.06. The van der Waals surface area contributed by atoms with Crippen molar-refractivity contribution in [2.45, 2.75) is 25.1 Å². The lowest BCUT2D eigenvalue weighted by atomic mass is 10.1. The maximum absolute atomic E-state index is 13.3. The van der Waals surface area contributed by atoms with Crippen LogP contribution in [0.1, 0.15) is 24.0 Å². The van der Waals surface area contributed by atoms with E-state index in [1.165, 1.54) is 12.3 Å². The lowest BCUT2D eigenvalue weighted by Crippen LogP contribution is -2.25. The third kappa shape index (κ3) is 3.12. The van der Waals surface area contributed by atoms with E-state index < -0.39 is 17.4 Å². The van der Waals surface area contributed by atoms with Crippen LogP contribution in [0.25, 0.3) is 16.7 Å². The Labute approximate surface area is 151 Å². The molecule has 0 radical (unpaired) electrons. The van der Waals surface area contributed by atoms with Gasteiger partial charge in [-0.05, 0) is 43.2 Å². The van der Waals surface area contributed by atoms with Crippen molar-refractivity contribution >= 4 is 16.7 Å². The molecule has 4 rings (SSSR count). The largest absolute Gasteiger partial charge is 0.416 e. The van der Waals surface area contributed by atoms with Crippen molar-refractivity contribution in [3.63, 3.8) is 0 Å². The van der Waals surface area contributed by atoms with E-state index in [0.29, 0.717) is 5.39 Å². The number of hydrogen-bond acceptors (Lipinski definition) is 4. The van der Waals surface area contributed by atoms with Crippen LogP contribution in [0.4, 0.5) is 19.0 Å². The Bertz CT molecular complexity index is 1140. The second kappa shape index (κ2) is 6.13. The molecule has 3 aromatic rings. The van der Waals surface area contributed by atoms with Crippen LogP contribution >= 0.6 is 0 Å². The average molecular weight is 370 g/mol. The lowest BCUT2D eigenvalue weighted by molar-refractivity contribution is -0.137. The number of alkyl halides is 3. The second-order valence-corrected chi connectivity index (χ2v) is 6.25. The molecular weight excluding hydrogens is 357 g/mol. The van der Waals surface area contributed by atoms with Gasteiger partial charge in [0.2, 0.25) is 0 Å². The van der Waals surface area contributed by atoms with Gasteiger partial charge in [0.1, 0.15) is 5.82 Å². The molecule has 0 bridgehead atoms. The molecule has 0 saturated heterocycles. The molecule has 5 nitrogen and oxygen atoms in total. The van der Waals surface area contributed by atoms with Gasteiger partial charge in [0.25, 0.3) is 0 Å². The van der Waals surface area contributed by atoms with E-state index in [4.69, 9.17) is 6.42 Å². The summed E-state index contributed by atoms with van der Waals surface area (Å²) >= 11 is 0. The monoisotopic (exact) mass is 370 g/mol. The zero-order valence-corrected chi connectivity index (χ0v) is 13.9. The smallest absolute Gasteiger partial charge is 0.367 e. The number of aromatic nitrogens is 3. The van der Waals surface area contributed by atoms with E-state index in [1.807, 2.05) is 0 Å². The molecule has 0 amide bonds. The Hall–Kier alpha value is -3.34. The third-order valence-electron chi connectivity index (χ3n) is 4.29. The van der Waals surface area contributed by atoms with Crippen molar-refractivity contribution in [1.29, 1.82) is 0 Å². The van der Waals surface area contributed by atoms with Crippen LogP contribution in [0.3, 0.4) is 0 Å². The molecule has 2 aromatic heterocycles. The van der Waals surface area contributed by atoms with Crippen molar-refractivity contribution in [2.24, 2.45) is 0 Å². The highest BCUT2D eigenvalue weighted by atomic mass is 19.4. The Morgan fingerprint density at radius 3 is 2.70 bits per heavy atom. The summed E-state index contributed by atoms with van der Waals surface area (Å²) in [5.74, 6) is 2.73. The summed E-state index contributed by atoms with van der Waals surface area (Å²) in [6, 6.07) is 6.52. The van der Waals surface area contributed by atoms with E-state index in [1.54, 1.807) is 12.1 Å². The zero-order valence-electron chi connectivity index (χ0n) is 13.9. The minimum atomic E-state index is -4.55. The molecule has 8 heteroatoms. The van der Waals surface area contributed by atoms with Crippen LogP contribution in [-0.4, -0.2) is 20.6 Å². The summed E-state index contributed by atoms with van der Waals surface area (Å²) in [4.78, 5) is 20.8. The molecule has 0 atom stereocenters. The molecule has 136 valence electrons. The van der Waals surface area contributed by atoms with Crippen molar-refractivity contribution < 1.29 is 13.2 Å². The van der Waals surface area contributed by atoms with Crippen LogP contribution in [-0.2, 0) is 6.18 Å². The topological polar surface area (TPSA) is 59.8 Å². The zero-order chi connectivity index (χ0) is 19.2. The number of nitrogens with one attached hydrogen (secondary N) is 1. The summed E-state index contributed by atoms with van der Waals surface area (Å²) < 4.78 is 40.8.